The van der Waals surface area contributed by atoms with E-state index in [1.165, 1.54) is 0 Å². The number of aromatic nitrogens is 1. The van der Waals surface area contributed by atoms with Crippen molar-refractivity contribution in [3.63, 3.8) is 0 Å². The molecular formula is C26H36N6O8. The highest BCUT2D eigenvalue weighted by Crippen LogP contribution is 2.19. The number of carbonyl (C=O) groups is 6. The van der Waals surface area contributed by atoms with E-state index < -0.39 is 66.2 Å². The summed E-state index contributed by atoms with van der Waals surface area (Å²) in [6, 6.07) is 1.70. The lowest BCUT2D eigenvalue weighted by molar-refractivity contribution is -0.143. The molecule has 14 nitrogen and oxygen atoms in total. The minimum Gasteiger partial charge on any atom is -0.481 e. The normalized spacial score (nSPS) is 14.8. The first-order chi connectivity index (χ1) is 18.8. The average Bonchev–Trinajstić information content (AvgIpc) is 3.31. The Kier molecular flexibility index (Phi) is 11.6. The number of benzene rings is 1. The van der Waals surface area contributed by atoms with Gasteiger partial charge in [-0.05, 0) is 24.0 Å². The highest BCUT2D eigenvalue weighted by molar-refractivity contribution is 5.96. The number of para-hydroxylation sites is 1. The smallest absolute Gasteiger partial charge is 0.326 e. The Morgan fingerprint density at radius 1 is 0.925 bits per heavy atom. The molecule has 2 aromatic rings. The van der Waals surface area contributed by atoms with Crippen LogP contribution in [0.15, 0.2) is 30.5 Å². The Bertz CT molecular complexity index is 1240. The van der Waals surface area contributed by atoms with Gasteiger partial charge < -0.3 is 42.6 Å². The van der Waals surface area contributed by atoms with E-state index in [0.29, 0.717) is 12.0 Å². The van der Waals surface area contributed by atoms with Gasteiger partial charge in [-0.25, -0.2) is 4.79 Å². The van der Waals surface area contributed by atoms with Gasteiger partial charge in [0.2, 0.25) is 23.6 Å². The molecule has 218 valence electrons. The van der Waals surface area contributed by atoms with Crippen LogP contribution in [0, 0.1) is 5.92 Å². The molecule has 0 aliphatic rings. The number of fused-ring (bicyclic) bond motifs is 1. The lowest BCUT2D eigenvalue weighted by atomic mass is 9.98. The number of hydrogen-bond donors (Lipinski definition) is 8. The van der Waals surface area contributed by atoms with Gasteiger partial charge in [-0.1, -0.05) is 38.5 Å². The molecular weight excluding hydrogens is 524 g/mol. The van der Waals surface area contributed by atoms with Gasteiger partial charge in [0, 0.05) is 29.9 Å². The van der Waals surface area contributed by atoms with Gasteiger partial charge in [0.05, 0.1) is 12.5 Å². The van der Waals surface area contributed by atoms with E-state index in [4.69, 9.17) is 11.5 Å². The van der Waals surface area contributed by atoms with Crippen LogP contribution in [0.25, 0.3) is 10.9 Å². The van der Waals surface area contributed by atoms with E-state index >= 15 is 0 Å². The molecule has 0 bridgehead atoms. The van der Waals surface area contributed by atoms with Crippen LogP contribution >= 0.6 is 0 Å². The number of amides is 4. The van der Waals surface area contributed by atoms with Crippen molar-refractivity contribution in [3.8, 4) is 0 Å². The van der Waals surface area contributed by atoms with Crippen LogP contribution in [0.5, 0.6) is 0 Å². The van der Waals surface area contributed by atoms with Crippen LogP contribution in [-0.2, 0) is 35.2 Å². The molecule has 2 rings (SSSR count). The molecule has 10 N–H and O–H groups in total. The molecule has 5 unspecified atom stereocenters. The maximum Gasteiger partial charge on any atom is 0.326 e. The number of nitrogens with one attached hydrogen (secondary N) is 4. The third kappa shape index (κ3) is 9.08. The second kappa shape index (κ2) is 14.6. The van der Waals surface area contributed by atoms with Crippen molar-refractivity contribution in [2.45, 2.75) is 70.1 Å². The van der Waals surface area contributed by atoms with Crippen molar-refractivity contribution < 1.29 is 39.0 Å². The summed E-state index contributed by atoms with van der Waals surface area (Å²) in [5.74, 6) is -6.49. The summed E-state index contributed by atoms with van der Waals surface area (Å²) in [5.41, 5.74) is 12.5. The fourth-order valence-corrected chi connectivity index (χ4v) is 3.98. The first-order valence-electron chi connectivity index (χ1n) is 12.8. The molecule has 1 heterocycles. The monoisotopic (exact) mass is 560 g/mol. The zero-order valence-electron chi connectivity index (χ0n) is 22.3. The third-order valence-electron chi connectivity index (χ3n) is 6.60. The first-order valence-corrected chi connectivity index (χ1v) is 12.8. The molecule has 5 atom stereocenters. The SMILES string of the molecule is CCC(C)C(N)C(=O)NC(CCC(N)=O)C(=O)NC(CC(=O)O)C(=O)NC(Cc1c[nH]c2ccccc12)C(=O)O. The topological polar surface area (TPSA) is 247 Å². The van der Waals surface area contributed by atoms with Crippen LogP contribution in [0.1, 0.15) is 45.1 Å². The molecule has 1 aromatic heterocycles. The largest absolute Gasteiger partial charge is 0.481 e. The molecule has 0 radical (unpaired) electrons. The lowest BCUT2D eigenvalue weighted by Gasteiger charge is -2.25. The quantitative estimate of drug-likeness (QED) is 0.130. The van der Waals surface area contributed by atoms with Crippen molar-refractivity contribution in [2.24, 2.45) is 17.4 Å². The Morgan fingerprint density at radius 3 is 2.12 bits per heavy atom. The summed E-state index contributed by atoms with van der Waals surface area (Å²) in [4.78, 5) is 76.4. The van der Waals surface area contributed by atoms with Crippen LogP contribution in [0.2, 0.25) is 0 Å². The van der Waals surface area contributed by atoms with Gasteiger partial charge in [-0.3, -0.25) is 24.0 Å². The Balaban J connectivity index is 2.21. The molecule has 0 aliphatic carbocycles. The minimum atomic E-state index is -1.69. The van der Waals surface area contributed by atoms with E-state index in [9.17, 15) is 39.0 Å². The van der Waals surface area contributed by atoms with Crippen LogP contribution in [0.3, 0.4) is 0 Å². The summed E-state index contributed by atoms with van der Waals surface area (Å²) in [6.07, 6.45) is 0.665. The minimum absolute atomic E-state index is 0.121. The van der Waals surface area contributed by atoms with Crippen LogP contribution in [0.4, 0.5) is 0 Å². The van der Waals surface area contributed by atoms with Gasteiger partial charge in [-0.2, -0.15) is 0 Å². The van der Waals surface area contributed by atoms with Gasteiger partial charge in [-0.15, -0.1) is 0 Å². The predicted molar refractivity (Wildman–Crippen MR) is 144 cm³/mol. The average molecular weight is 561 g/mol. The number of nitrogens with two attached hydrogens (primary N) is 2. The molecule has 0 saturated carbocycles. The molecule has 0 fully saturated rings. The Morgan fingerprint density at radius 2 is 1.52 bits per heavy atom. The summed E-state index contributed by atoms with van der Waals surface area (Å²) >= 11 is 0. The lowest BCUT2D eigenvalue weighted by Crippen LogP contribution is -2.58. The summed E-state index contributed by atoms with van der Waals surface area (Å²) in [7, 11) is 0. The first kappa shape index (κ1) is 31.8. The van der Waals surface area contributed by atoms with Crippen LogP contribution in [-0.4, -0.2) is 74.9 Å². The van der Waals surface area contributed by atoms with Gasteiger partial charge in [0.1, 0.15) is 18.1 Å². The van der Waals surface area contributed by atoms with E-state index in [0.717, 1.165) is 10.9 Å². The van der Waals surface area contributed by atoms with Crippen molar-refractivity contribution >= 4 is 46.5 Å². The standard InChI is InChI=1S/C26H36N6O8/c1-3-13(2)22(28)25(38)30-17(8-9-20(27)33)23(36)31-18(11-21(34)35)24(37)32-19(26(39)40)10-14-12-29-16-7-5-4-6-15(14)16/h4-7,12-13,17-19,22,29H,3,8-11,28H2,1-2H3,(H2,27,33)(H,30,38)(H,31,36)(H,32,37)(H,34,35)(H,39,40). The van der Waals surface area contributed by atoms with Crippen molar-refractivity contribution in [1.82, 2.24) is 20.9 Å². The molecule has 1 aromatic carbocycles. The summed E-state index contributed by atoms with van der Waals surface area (Å²) < 4.78 is 0. The number of aromatic amines is 1. The Labute approximate surface area is 230 Å². The summed E-state index contributed by atoms with van der Waals surface area (Å²) in [5, 5.41) is 26.8. The number of carbonyl (C=O) groups excluding carboxylic acids is 4. The zero-order valence-corrected chi connectivity index (χ0v) is 22.3. The van der Waals surface area contributed by atoms with Gasteiger partial charge in [0.25, 0.3) is 0 Å². The number of rotatable bonds is 16. The van der Waals surface area contributed by atoms with E-state index in [1.807, 2.05) is 6.92 Å². The molecule has 0 spiro atoms. The maximum atomic E-state index is 13.1. The van der Waals surface area contributed by atoms with Crippen molar-refractivity contribution in [3.05, 3.63) is 36.0 Å². The number of aliphatic carboxylic acids is 2. The van der Waals surface area contributed by atoms with E-state index in [-0.39, 0.29) is 25.2 Å². The van der Waals surface area contributed by atoms with Crippen LogP contribution < -0.4 is 27.4 Å². The number of carboxylic acids is 2. The second-order valence-corrected chi connectivity index (χ2v) is 9.60. The number of carboxylic acid groups (broad SMARTS) is 2. The summed E-state index contributed by atoms with van der Waals surface area (Å²) in [6.45, 7) is 3.57. The van der Waals surface area contributed by atoms with E-state index in [2.05, 4.69) is 20.9 Å². The van der Waals surface area contributed by atoms with Gasteiger partial charge in [0.15, 0.2) is 0 Å². The molecule has 0 aliphatic heterocycles. The molecule has 0 saturated heterocycles. The number of hydrogen-bond acceptors (Lipinski definition) is 7. The molecule has 40 heavy (non-hydrogen) atoms. The zero-order chi connectivity index (χ0) is 30.0. The third-order valence-corrected chi connectivity index (χ3v) is 6.60. The van der Waals surface area contributed by atoms with Gasteiger partial charge >= 0.3 is 11.9 Å². The predicted octanol–water partition coefficient (Wildman–Crippen LogP) is -0.637. The molecule has 14 heteroatoms. The number of H-pyrrole nitrogens is 1. The fraction of sp³-hybridized carbons (Fsp3) is 0.462. The van der Waals surface area contributed by atoms with Crippen molar-refractivity contribution in [1.29, 1.82) is 0 Å². The molecule has 4 amide bonds. The van der Waals surface area contributed by atoms with Crippen molar-refractivity contribution in [2.75, 3.05) is 0 Å². The Hall–Kier alpha value is -4.46. The maximum absolute atomic E-state index is 13.1. The second-order valence-electron chi connectivity index (χ2n) is 9.60. The fourth-order valence-electron chi connectivity index (χ4n) is 3.98. The van der Waals surface area contributed by atoms with E-state index in [1.54, 1.807) is 37.4 Å². The highest BCUT2D eigenvalue weighted by Gasteiger charge is 2.32. The highest BCUT2D eigenvalue weighted by atomic mass is 16.4. The number of primary amides is 1.